The smallest absolute Gasteiger partial charge is 0.162 e. The molecule has 1 unspecified atom stereocenters. The van der Waals surface area contributed by atoms with Crippen molar-refractivity contribution in [2.24, 2.45) is 5.92 Å². The van der Waals surface area contributed by atoms with Crippen LogP contribution < -0.4 is 9.47 Å². The Hall–Kier alpha value is -2.51. The predicted octanol–water partition coefficient (Wildman–Crippen LogP) is 4.36. The molecular formula is C22H25NO3. The number of hydrogen-bond acceptors (Lipinski definition) is 4. The molecule has 0 amide bonds. The molecule has 1 aliphatic rings. The second-order valence-corrected chi connectivity index (χ2v) is 6.80. The predicted molar refractivity (Wildman–Crippen MR) is 101 cm³/mol. The first kappa shape index (κ1) is 18.3. The molecule has 1 aliphatic carbocycles. The summed E-state index contributed by atoms with van der Waals surface area (Å²) in [6.07, 6.45) is 5.45. The maximum atomic E-state index is 9.25. The number of hydrogen-bond donors (Lipinski definition) is 1. The van der Waals surface area contributed by atoms with E-state index in [1.165, 1.54) is 12.8 Å². The average Bonchev–Trinajstić information content (AvgIpc) is 3.19. The zero-order valence-electron chi connectivity index (χ0n) is 15.1. The zero-order chi connectivity index (χ0) is 18.4. The molecule has 1 saturated carbocycles. The molecule has 0 bridgehead atoms. The summed E-state index contributed by atoms with van der Waals surface area (Å²) in [7, 11) is 1.66. The van der Waals surface area contributed by atoms with Crippen LogP contribution in [0.15, 0.2) is 42.5 Å². The molecule has 4 nitrogen and oxygen atoms in total. The number of rotatable bonds is 7. The zero-order valence-corrected chi connectivity index (χ0v) is 15.1. The van der Waals surface area contributed by atoms with Crippen molar-refractivity contribution in [1.29, 1.82) is 5.26 Å². The van der Waals surface area contributed by atoms with Crippen LogP contribution in [-0.2, 0) is 6.42 Å². The van der Waals surface area contributed by atoms with Crippen molar-refractivity contribution in [2.45, 2.75) is 38.2 Å². The highest BCUT2D eigenvalue weighted by Gasteiger charge is 2.19. The molecule has 26 heavy (non-hydrogen) atoms. The maximum absolute atomic E-state index is 9.25. The molecule has 1 atom stereocenters. The van der Waals surface area contributed by atoms with Crippen LogP contribution >= 0.6 is 0 Å². The number of aliphatic hydroxyl groups excluding tert-OH is 1. The van der Waals surface area contributed by atoms with Crippen LogP contribution in [0, 0.1) is 17.2 Å². The van der Waals surface area contributed by atoms with Crippen molar-refractivity contribution < 1.29 is 14.6 Å². The quantitative estimate of drug-likeness (QED) is 0.805. The third-order valence-corrected chi connectivity index (χ3v) is 4.90. The van der Waals surface area contributed by atoms with Crippen LogP contribution in [0.5, 0.6) is 11.5 Å². The minimum Gasteiger partial charge on any atom is -0.493 e. The molecule has 1 N–H and O–H groups in total. The van der Waals surface area contributed by atoms with Gasteiger partial charge in [-0.1, -0.05) is 30.3 Å². The van der Waals surface area contributed by atoms with E-state index in [0.717, 1.165) is 41.0 Å². The van der Waals surface area contributed by atoms with Gasteiger partial charge in [0.25, 0.3) is 0 Å². The topological polar surface area (TPSA) is 62.5 Å². The van der Waals surface area contributed by atoms with Crippen molar-refractivity contribution in [1.82, 2.24) is 0 Å². The molecular weight excluding hydrogens is 326 g/mol. The van der Waals surface area contributed by atoms with Crippen LogP contribution in [0.4, 0.5) is 0 Å². The van der Waals surface area contributed by atoms with Gasteiger partial charge in [-0.05, 0) is 60.9 Å². The highest BCUT2D eigenvalue weighted by Crippen LogP contribution is 2.35. The van der Waals surface area contributed by atoms with Gasteiger partial charge in [-0.25, -0.2) is 0 Å². The second kappa shape index (κ2) is 8.73. The van der Waals surface area contributed by atoms with E-state index in [-0.39, 0.29) is 18.6 Å². The van der Waals surface area contributed by atoms with E-state index in [0.29, 0.717) is 6.42 Å². The first-order valence-electron chi connectivity index (χ1n) is 9.18. The molecule has 0 radical (unpaired) electrons. The number of nitrogens with zero attached hydrogens (tertiary/aromatic N) is 1. The summed E-state index contributed by atoms with van der Waals surface area (Å²) in [6.45, 7) is -0.122. The fourth-order valence-electron chi connectivity index (χ4n) is 3.45. The monoisotopic (exact) mass is 351 g/mol. The lowest BCUT2D eigenvalue weighted by Crippen LogP contribution is -2.11. The summed E-state index contributed by atoms with van der Waals surface area (Å²) >= 11 is 0. The van der Waals surface area contributed by atoms with Gasteiger partial charge in [0.15, 0.2) is 11.5 Å². The Labute approximate surface area is 155 Å². The molecule has 1 fully saturated rings. The minimum absolute atomic E-state index is 0.122. The Balaban J connectivity index is 1.85. The first-order valence-corrected chi connectivity index (χ1v) is 9.18. The summed E-state index contributed by atoms with van der Waals surface area (Å²) in [6, 6.07) is 16.2. The van der Waals surface area contributed by atoms with Gasteiger partial charge in [0.1, 0.15) is 0 Å². The lowest BCUT2D eigenvalue weighted by Gasteiger charge is -2.17. The van der Waals surface area contributed by atoms with E-state index in [9.17, 15) is 5.11 Å². The highest BCUT2D eigenvalue weighted by atomic mass is 16.5. The van der Waals surface area contributed by atoms with Gasteiger partial charge in [-0.15, -0.1) is 0 Å². The van der Waals surface area contributed by atoms with E-state index in [2.05, 4.69) is 12.1 Å². The van der Waals surface area contributed by atoms with Gasteiger partial charge in [0.2, 0.25) is 0 Å². The minimum atomic E-state index is -0.373. The van der Waals surface area contributed by atoms with Gasteiger partial charge < -0.3 is 14.6 Å². The molecule has 4 heteroatoms. The largest absolute Gasteiger partial charge is 0.493 e. The van der Waals surface area contributed by atoms with E-state index in [1.54, 1.807) is 7.11 Å². The van der Waals surface area contributed by atoms with Crippen LogP contribution in [0.25, 0.3) is 11.1 Å². The van der Waals surface area contributed by atoms with Gasteiger partial charge in [0.05, 0.1) is 31.8 Å². The second-order valence-electron chi connectivity index (χ2n) is 6.80. The number of benzene rings is 2. The van der Waals surface area contributed by atoms with Gasteiger partial charge in [-0.3, -0.25) is 0 Å². The van der Waals surface area contributed by atoms with E-state index in [4.69, 9.17) is 14.7 Å². The summed E-state index contributed by atoms with van der Waals surface area (Å²) in [5.74, 6) is 1.16. The van der Waals surface area contributed by atoms with Gasteiger partial charge in [-0.2, -0.15) is 5.26 Å². The molecule has 136 valence electrons. The van der Waals surface area contributed by atoms with Crippen molar-refractivity contribution in [3.63, 3.8) is 0 Å². The molecule has 2 aromatic rings. The highest BCUT2D eigenvalue weighted by molar-refractivity contribution is 5.68. The summed E-state index contributed by atoms with van der Waals surface area (Å²) in [5, 5.41) is 18.3. The molecule has 0 spiro atoms. The number of methoxy groups -OCH3 is 1. The van der Waals surface area contributed by atoms with Gasteiger partial charge >= 0.3 is 0 Å². The fraction of sp³-hybridized carbons (Fsp3) is 0.409. The van der Waals surface area contributed by atoms with Crippen LogP contribution in [-0.4, -0.2) is 24.9 Å². The Morgan fingerprint density at radius 1 is 1.12 bits per heavy atom. The fourth-order valence-corrected chi connectivity index (χ4v) is 3.45. The average molecular weight is 351 g/mol. The van der Waals surface area contributed by atoms with Crippen molar-refractivity contribution >= 4 is 0 Å². The summed E-state index contributed by atoms with van der Waals surface area (Å²) in [5.41, 5.74) is 3.16. The lowest BCUT2D eigenvalue weighted by atomic mass is 9.97. The summed E-state index contributed by atoms with van der Waals surface area (Å²) in [4.78, 5) is 0. The molecule has 2 aromatic carbocycles. The molecule has 0 aromatic heterocycles. The molecule has 0 aliphatic heterocycles. The number of nitriles is 1. The van der Waals surface area contributed by atoms with E-state index in [1.807, 2.05) is 36.4 Å². The van der Waals surface area contributed by atoms with Crippen molar-refractivity contribution in [3.05, 3.63) is 48.0 Å². The van der Waals surface area contributed by atoms with Crippen LogP contribution in [0.2, 0.25) is 0 Å². The Kier molecular flexibility index (Phi) is 6.14. The maximum Gasteiger partial charge on any atom is 0.162 e. The number of aliphatic hydroxyl groups is 1. The Bertz CT molecular complexity index is 775. The molecule has 3 rings (SSSR count). The van der Waals surface area contributed by atoms with E-state index < -0.39 is 0 Å². The Morgan fingerprint density at radius 2 is 1.88 bits per heavy atom. The van der Waals surface area contributed by atoms with Crippen LogP contribution in [0.1, 0.15) is 31.2 Å². The first-order chi connectivity index (χ1) is 12.7. The van der Waals surface area contributed by atoms with Crippen LogP contribution in [0.3, 0.4) is 0 Å². The molecule has 0 heterocycles. The lowest BCUT2D eigenvalue weighted by molar-refractivity contribution is 0.201. The third-order valence-electron chi connectivity index (χ3n) is 4.90. The molecule has 0 saturated heterocycles. The Morgan fingerprint density at radius 3 is 2.58 bits per heavy atom. The summed E-state index contributed by atoms with van der Waals surface area (Å²) < 4.78 is 11.7. The number of ether oxygens (including phenoxy) is 2. The normalized spacial score (nSPS) is 15.4. The SMILES string of the molecule is COc1ccc(-c2cccc(CC(C#N)CO)c2)cc1OC1CCCC1. The van der Waals surface area contributed by atoms with E-state index >= 15 is 0 Å². The van der Waals surface area contributed by atoms with Gasteiger partial charge in [0, 0.05) is 0 Å². The third kappa shape index (κ3) is 4.36. The standard InChI is InChI=1S/C22H25NO3/c1-25-21-10-9-19(13-22(21)26-20-7-2-3-8-20)18-6-4-5-16(12-18)11-17(14-23)15-24/h4-6,9-10,12-13,17,20,24H,2-3,7-8,11,15H2,1H3. The van der Waals surface area contributed by atoms with Crippen molar-refractivity contribution in [3.8, 4) is 28.7 Å². The van der Waals surface area contributed by atoms with Crippen molar-refractivity contribution in [2.75, 3.05) is 13.7 Å².